The van der Waals surface area contributed by atoms with Gasteiger partial charge in [-0.3, -0.25) is 9.48 Å². The maximum atomic E-state index is 12.0. The van der Waals surface area contributed by atoms with Crippen molar-refractivity contribution in [1.29, 1.82) is 0 Å². The number of aryl methyl sites for hydroxylation is 1. The Kier molecular flexibility index (Phi) is 3.15. The standard InChI is InChI=1S/C12H12ClN3O/c1-8-11(7-14-16(8)2)15-12(17)9-5-3-4-6-10(9)13/h3-7H,1-2H3,(H,15,17). The van der Waals surface area contributed by atoms with E-state index in [0.29, 0.717) is 16.3 Å². The van der Waals surface area contributed by atoms with Gasteiger partial charge in [0.15, 0.2) is 0 Å². The number of hydrogen-bond acceptors (Lipinski definition) is 2. The summed E-state index contributed by atoms with van der Waals surface area (Å²) in [6.45, 7) is 1.88. The summed E-state index contributed by atoms with van der Waals surface area (Å²) in [5.41, 5.74) is 2.04. The number of benzene rings is 1. The first-order chi connectivity index (χ1) is 8.09. The van der Waals surface area contributed by atoms with Crippen molar-refractivity contribution >= 4 is 23.2 Å². The van der Waals surface area contributed by atoms with Crippen LogP contribution in [0.4, 0.5) is 5.69 Å². The molecule has 1 N–H and O–H groups in total. The highest BCUT2D eigenvalue weighted by Crippen LogP contribution is 2.18. The lowest BCUT2D eigenvalue weighted by Gasteiger charge is -2.05. The maximum absolute atomic E-state index is 12.0. The Hall–Kier alpha value is -1.81. The van der Waals surface area contributed by atoms with E-state index in [0.717, 1.165) is 5.69 Å². The molecule has 0 atom stereocenters. The van der Waals surface area contributed by atoms with Crippen LogP contribution in [0, 0.1) is 6.92 Å². The molecule has 0 bridgehead atoms. The average molecular weight is 250 g/mol. The summed E-state index contributed by atoms with van der Waals surface area (Å²) >= 11 is 5.95. The van der Waals surface area contributed by atoms with Gasteiger partial charge in [-0.1, -0.05) is 23.7 Å². The predicted molar refractivity (Wildman–Crippen MR) is 67.4 cm³/mol. The highest BCUT2D eigenvalue weighted by molar-refractivity contribution is 6.34. The molecule has 1 aromatic carbocycles. The molecule has 0 fully saturated rings. The Bertz CT molecular complexity index is 563. The van der Waals surface area contributed by atoms with Gasteiger partial charge in [-0.2, -0.15) is 5.10 Å². The molecule has 0 unspecified atom stereocenters. The Morgan fingerprint density at radius 1 is 1.41 bits per heavy atom. The number of carbonyl (C=O) groups is 1. The molecular formula is C12H12ClN3O. The van der Waals surface area contributed by atoms with Crippen LogP contribution in [0.2, 0.25) is 5.02 Å². The Balaban J connectivity index is 2.23. The van der Waals surface area contributed by atoms with Crippen LogP contribution in [0.15, 0.2) is 30.5 Å². The molecule has 0 aliphatic carbocycles. The molecule has 1 amide bonds. The first-order valence-corrected chi connectivity index (χ1v) is 5.52. The van der Waals surface area contributed by atoms with E-state index < -0.39 is 0 Å². The van der Waals surface area contributed by atoms with E-state index >= 15 is 0 Å². The molecule has 2 aromatic rings. The fourth-order valence-corrected chi connectivity index (χ4v) is 1.68. The summed E-state index contributed by atoms with van der Waals surface area (Å²) in [6.07, 6.45) is 1.62. The number of nitrogens with zero attached hydrogens (tertiary/aromatic N) is 2. The van der Waals surface area contributed by atoms with Crippen molar-refractivity contribution in [3.63, 3.8) is 0 Å². The summed E-state index contributed by atoms with van der Waals surface area (Å²) in [6, 6.07) is 6.93. The monoisotopic (exact) mass is 249 g/mol. The van der Waals surface area contributed by atoms with Crippen LogP contribution in [-0.2, 0) is 7.05 Å². The lowest BCUT2D eigenvalue weighted by molar-refractivity contribution is 0.102. The third-order valence-electron chi connectivity index (χ3n) is 2.60. The molecule has 0 radical (unpaired) electrons. The summed E-state index contributed by atoms with van der Waals surface area (Å²) < 4.78 is 1.70. The van der Waals surface area contributed by atoms with Gasteiger partial charge in [-0.15, -0.1) is 0 Å². The van der Waals surface area contributed by atoms with Crippen molar-refractivity contribution in [3.05, 3.63) is 46.7 Å². The summed E-state index contributed by atoms with van der Waals surface area (Å²) in [5.74, 6) is -0.230. The molecule has 4 nitrogen and oxygen atoms in total. The number of nitrogens with one attached hydrogen (secondary N) is 1. The van der Waals surface area contributed by atoms with Gasteiger partial charge in [0.05, 0.1) is 28.2 Å². The van der Waals surface area contributed by atoms with E-state index in [-0.39, 0.29) is 5.91 Å². The van der Waals surface area contributed by atoms with Gasteiger partial charge < -0.3 is 5.32 Å². The van der Waals surface area contributed by atoms with E-state index in [1.807, 2.05) is 14.0 Å². The second kappa shape index (κ2) is 4.59. The number of halogens is 1. The zero-order valence-corrected chi connectivity index (χ0v) is 10.3. The molecule has 5 heteroatoms. The maximum Gasteiger partial charge on any atom is 0.257 e. The van der Waals surface area contributed by atoms with Gasteiger partial charge in [0.1, 0.15) is 0 Å². The van der Waals surface area contributed by atoms with Crippen LogP contribution >= 0.6 is 11.6 Å². The van der Waals surface area contributed by atoms with Gasteiger partial charge >= 0.3 is 0 Å². The zero-order chi connectivity index (χ0) is 12.4. The largest absolute Gasteiger partial charge is 0.319 e. The molecule has 1 aromatic heterocycles. The quantitative estimate of drug-likeness (QED) is 0.889. The number of carbonyl (C=O) groups excluding carboxylic acids is 1. The number of aromatic nitrogens is 2. The van der Waals surface area contributed by atoms with Gasteiger partial charge in [0, 0.05) is 7.05 Å². The highest BCUT2D eigenvalue weighted by Gasteiger charge is 2.12. The number of amides is 1. The molecule has 2 rings (SSSR count). The minimum atomic E-state index is -0.230. The van der Waals surface area contributed by atoms with Gasteiger partial charge in [-0.25, -0.2) is 0 Å². The summed E-state index contributed by atoms with van der Waals surface area (Å²) in [7, 11) is 1.82. The van der Waals surface area contributed by atoms with Crippen LogP contribution in [0.3, 0.4) is 0 Å². The lowest BCUT2D eigenvalue weighted by atomic mass is 10.2. The summed E-state index contributed by atoms with van der Waals surface area (Å²) in [5, 5.41) is 7.27. The van der Waals surface area contributed by atoms with Crippen LogP contribution in [0.25, 0.3) is 0 Å². The van der Waals surface area contributed by atoms with E-state index in [9.17, 15) is 4.79 Å². The van der Waals surface area contributed by atoms with E-state index in [2.05, 4.69) is 10.4 Å². The molecule has 0 spiro atoms. The molecule has 0 aliphatic heterocycles. The summed E-state index contributed by atoms with van der Waals surface area (Å²) in [4.78, 5) is 12.0. The second-order valence-corrected chi connectivity index (χ2v) is 4.11. The average Bonchev–Trinajstić information content (AvgIpc) is 2.61. The van der Waals surface area contributed by atoms with Crippen molar-refractivity contribution < 1.29 is 4.79 Å². The van der Waals surface area contributed by atoms with Crippen LogP contribution in [-0.4, -0.2) is 15.7 Å². The Morgan fingerprint density at radius 2 is 2.12 bits per heavy atom. The molecule has 1 heterocycles. The first-order valence-electron chi connectivity index (χ1n) is 5.14. The topological polar surface area (TPSA) is 46.9 Å². The molecule has 88 valence electrons. The number of rotatable bonds is 2. The van der Waals surface area contributed by atoms with Crippen molar-refractivity contribution in [1.82, 2.24) is 9.78 Å². The number of hydrogen-bond donors (Lipinski definition) is 1. The Labute approximate surface area is 104 Å². The normalized spacial score (nSPS) is 10.3. The molecule has 17 heavy (non-hydrogen) atoms. The fourth-order valence-electron chi connectivity index (χ4n) is 1.46. The molecule has 0 aliphatic rings. The smallest absolute Gasteiger partial charge is 0.257 e. The van der Waals surface area contributed by atoms with Crippen LogP contribution in [0.5, 0.6) is 0 Å². The van der Waals surface area contributed by atoms with E-state index in [1.54, 1.807) is 35.1 Å². The SMILES string of the molecule is Cc1c(NC(=O)c2ccccc2Cl)cnn1C. The van der Waals surface area contributed by atoms with Crippen LogP contribution < -0.4 is 5.32 Å². The highest BCUT2D eigenvalue weighted by atomic mass is 35.5. The van der Waals surface area contributed by atoms with Crippen molar-refractivity contribution in [2.45, 2.75) is 6.92 Å². The fraction of sp³-hybridized carbons (Fsp3) is 0.167. The van der Waals surface area contributed by atoms with Gasteiger partial charge in [0.2, 0.25) is 0 Å². The minimum absolute atomic E-state index is 0.230. The molecular weight excluding hydrogens is 238 g/mol. The first kappa shape index (κ1) is 11.7. The molecule has 0 saturated carbocycles. The van der Waals surface area contributed by atoms with Crippen molar-refractivity contribution in [3.8, 4) is 0 Å². The lowest BCUT2D eigenvalue weighted by Crippen LogP contribution is -2.12. The Morgan fingerprint density at radius 3 is 2.71 bits per heavy atom. The minimum Gasteiger partial charge on any atom is -0.319 e. The number of anilines is 1. The van der Waals surface area contributed by atoms with E-state index in [1.165, 1.54) is 0 Å². The second-order valence-electron chi connectivity index (χ2n) is 3.70. The van der Waals surface area contributed by atoms with Gasteiger partial charge in [-0.05, 0) is 19.1 Å². The third kappa shape index (κ3) is 2.31. The van der Waals surface area contributed by atoms with Crippen LogP contribution in [0.1, 0.15) is 16.1 Å². The zero-order valence-electron chi connectivity index (χ0n) is 9.57. The van der Waals surface area contributed by atoms with Crippen molar-refractivity contribution in [2.24, 2.45) is 7.05 Å². The third-order valence-corrected chi connectivity index (χ3v) is 2.93. The predicted octanol–water partition coefficient (Wildman–Crippen LogP) is 2.63. The van der Waals surface area contributed by atoms with Gasteiger partial charge in [0.25, 0.3) is 5.91 Å². The van der Waals surface area contributed by atoms with E-state index in [4.69, 9.17) is 11.6 Å². The molecule has 0 saturated heterocycles. The van der Waals surface area contributed by atoms with Crippen molar-refractivity contribution in [2.75, 3.05) is 5.32 Å².